The topological polar surface area (TPSA) is 33.2 Å². The first kappa shape index (κ1) is 14.1. The van der Waals surface area contributed by atoms with Gasteiger partial charge < -0.3 is 4.90 Å². The maximum atomic E-state index is 12.8. The predicted octanol–water partition coefficient (Wildman–Crippen LogP) is 4.44. The van der Waals surface area contributed by atoms with E-state index in [1.165, 1.54) is 21.8 Å². The van der Waals surface area contributed by atoms with Crippen molar-refractivity contribution in [3.63, 3.8) is 0 Å². The molecule has 112 valence electrons. The van der Waals surface area contributed by atoms with Crippen LogP contribution in [0.3, 0.4) is 0 Å². The van der Waals surface area contributed by atoms with E-state index in [1.54, 1.807) is 22.7 Å². The third-order valence-corrected chi connectivity index (χ3v) is 7.03. The second-order valence-corrected chi connectivity index (χ2v) is 8.20. The number of carbonyl (C=O) groups excluding carboxylic acids is 1. The molecular formula is C16H14N2OS3. The van der Waals surface area contributed by atoms with Gasteiger partial charge in [0.25, 0.3) is 5.91 Å². The summed E-state index contributed by atoms with van der Waals surface area (Å²) in [5.74, 6) is 0.120. The van der Waals surface area contributed by atoms with Gasteiger partial charge in [0.2, 0.25) is 0 Å². The van der Waals surface area contributed by atoms with E-state index < -0.39 is 0 Å². The van der Waals surface area contributed by atoms with Gasteiger partial charge in [-0.25, -0.2) is 4.98 Å². The van der Waals surface area contributed by atoms with E-state index >= 15 is 0 Å². The quantitative estimate of drug-likeness (QED) is 0.687. The second kappa shape index (κ2) is 5.61. The van der Waals surface area contributed by atoms with E-state index in [0.29, 0.717) is 0 Å². The van der Waals surface area contributed by atoms with Crippen LogP contribution in [-0.4, -0.2) is 22.3 Å². The first-order valence-electron chi connectivity index (χ1n) is 7.08. The minimum Gasteiger partial charge on any atom is -0.333 e. The largest absolute Gasteiger partial charge is 0.333 e. The Bertz CT molecular complexity index is 816. The molecule has 0 fully saturated rings. The maximum absolute atomic E-state index is 12.8. The molecule has 0 bridgehead atoms. The fourth-order valence-corrected chi connectivity index (χ4v) is 5.39. The van der Waals surface area contributed by atoms with Crippen molar-refractivity contribution in [3.8, 4) is 9.88 Å². The van der Waals surface area contributed by atoms with E-state index in [0.717, 1.165) is 40.0 Å². The molecule has 0 radical (unpaired) electrons. The molecule has 1 aliphatic heterocycles. The lowest BCUT2D eigenvalue weighted by Crippen LogP contribution is -2.35. The van der Waals surface area contributed by atoms with E-state index in [9.17, 15) is 4.79 Å². The number of thiophene rings is 2. The Balaban J connectivity index is 1.61. The second-order valence-electron chi connectivity index (χ2n) is 5.26. The van der Waals surface area contributed by atoms with Crippen LogP contribution in [0, 0.1) is 6.92 Å². The summed E-state index contributed by atoms with van der Waals surface area (Å²) in [7, 11) is 0. The Kier molecular flexibility index (Phi) is 3.60. The number of hydrogen-bond donors (Lipinski definition) is 0. The zero-order valence-electron chi connectivity index (χ0n) is 12.0. The van der Waals surface area contributed by atoms with Gasteiger partial charge in [-0.3, -0.25) is 4.79 Å². The lowest BCUT2D eigenvalue weighted by atomic mass is 10.1. The minimum atomic E-state index is 0.120. The van der Waals surface area contributed by atoms with Crippen LogP contribution in [0.25, 0.3) is 9.88 Å². The van der Waals surface area contributed by atoms with Gasteiger partial charge in [0.15, 0.2) is 0 Å². The molecule has 0 aromatic carbocycles. The van der Waals surface area contributed by atoms with Crippen molar-refractivity contribution >= 4 is 39.9 Å². The lowest BCUT2D eigenvalue weighted by Gasteiger charge is -2.26. The molecule has 0 saturated heterocycles. The van der Waals surface area contributed by atoms with Gasteiger partial charge in [-0.2, -0.15) is 0 Å². The zero-order chi connectivity index (χ0) is 15.1. The predicted molar refractivity (Wildman–Crippen MR) is 92.9 cm³/mol. The molecule has 0 N–H and O–H groups in total. The van der Waals surface area contributed by atoms with Crippen molar-refractivity contribution in [2.24, 2.45) is 0 Å². The fourth-order valence-electron chi connectivity index (χ4n) is 2.67. The Labute approximate surface area is 140 Å². The molecule has 0 spiro atoms. The highest BCUT2D eigenvalue weighted by Crippen LogP contribution is 2.33. The first-order valence-corrected chi connectivity index (χ1v) is 9.66. The summed E-state index contributed by atoms with van der Waals surface area (Å²) in [5.41, 5.74) is 2.14. The average Bonchev–Trinajstić information content (AvgIpc) is 3.25. The maximum Gasteiger partial charge on any atom is 0.266 e. The molecule has 0 atom stereocenters. The van der Waals surface area contributed by atoms with Crippen molar-refractivity contribution in [2.75, 3.05) is 6.54 Å². The van der Waals surface area contributed by atoms with Gasteiger partial charge in [0.1, 0.15) is 9.88 Å². The van der Waals surface area contributed by atoms with Gasteiger partial charge in [0, 0.05) is 18.0 Å². The number of aryl methyl sites for hydroxylation is 1. The number of hydrogen-bond acceptors (Lipinski definition) is 5. The van der Waals surface area contributed by atoms with E-state index in [4.69, 9.17) is 0 Å². The number of fused-ring (bicyclic) bond motifs is 1. The van der Waals surface area contributed by atoms with Crippen molar-refractivity contribution in [3.05, 3.63) is 50.0 Å². The Morgan fingerprint density at radius 1 is 1.27 bits per heavy atom. The summed E-state index contributed by atoms with van der Waals surface area (Å²) in [4.78, 5) is 22.7. The average molecular weight is 347 g/mol. The minimum absolute atomic E-state index is 0.120. The van der Waals surface area contributed by atoms with Crippen LogP contribution in [0.5, 0.6) is 0 Å². The summed E-state index contributed by atoms with van der Waals surface area (Å²) in [6.07, 6.45) is 0.967. The molecule has 3 nitrogen and oxygen atoms in total. The third-order valence-electron chi connectivity index (χ3n) is 3.82. The molecule has 1 aliphatic rings. The van der Waals surface area contributed by atoms with Crippen molar-refractivity contribution in [1.82, 2.24) is 9.88 Å². The summed E-state index contributed by atoms with van der Waals surface area (Å²) >= 11 is 4.97. The van der Waals surface area contributed by atoms with Crippen LogP contribution in [-0.2, 0) is 13.0 Å². The summed E-state index contributed by atoms with van der Waals surface area (Å²) in [5, 5.41) is 5.10. The molecular weight excluding hydrogens is 332 g/mol. The molecule has 0 aliphatic carbocycles. The summed E-state index contributed by atoms with van der Waals surface area (Å²) in [6.45, 7) is 3.46. The number of carbonyl (C=O) groups is 1. The van der Waals surface area contributed by atoms with Crippen LogP contribution < -0.4 is 0 Å². The normalized spacial score (nSPS) is 14.1. The van der Waals surface area contributed by atoms with Crippen LogP contribution in [0.1, 0.15) is 25.8 Å². The number of thiazole rings is 1. The molecule has 22 heavy (non-hydrogen) atoms. The van der Waals surface area contributed by atoms with Crippen molar-refractivity contribution < 1.29 is 4.79 Å². The smallest absolute Gasteiger partial charge is 0.266 e. The van der Waals surface area contributed by atoms with Gasteiger partial charge in [-0.1, -0.05) is 6.07 Å². The highest BCUT2D eigenvalue weighted by molar-refractivity contribution is 7.22. The van der Waals surface area contributed by atoms with Crippen LogP contribution in [0.2, 0.25) is 0 Å². The molecule has 0 unspecified atom stereocenters. The van der Waals surface area contributed by atoms with Crippen LogP contribution >= 0.6 is 34.0 Å². The number of nitrogens with zero attached hydrogens (tertiary/aromatic N) is 2. The zero-order valence-corrected chi connectivity index (χ0v) is 14.5. The Hall–Kier alpha value is -1.50. The lowest BCUT2D eigenvalue weighted by molar-refractivity contribution is 0.0740. The third kappa shape index (κ3) is 2.41. The van der Waals surface area contributed by atoms with Crippen LogP contribution in [0.15, 0.2) is 29.0 Å². The standard InChI is InChI=1S/C16H14N2OS3/c1-10-14(22-15(17-10)13-3-2-7-20-13)16(19)18-6-4-12-11(9-18)5-8-21-12/h2-3,5,7-8H,4,6,9H2,1H3. The van der Waals surface area contributed by atoms with Gasteiger partial charge in [0.05, 0.1) is 10.6 Å². The Morgan fingerprint density at radius 3 is 3.00 bits per heavy atom. The molecule has 1 amide bonds. The van der Waals surface area contributed by atoms with Crippen molar-refractivity contribution in [2.45, 2.75) is 19.9 Å². The van der Waals surface area contributed by atoms with E-state index in [2.05, 4.69) is 22.5 Å². The molecule has 3 aromatic rings. The first-order chi connectivity index (χ1) is 10.7. The molecule has 0 saturated carbocycles. The van der Waals surface area contributed by atoms with E-state index in [1.807, 2.05) is 23.3 Å². The number of rotatable bonds is 2. The van der Waals surface area contributed by atoms with Gasteiger partial charge in [-0.05, 0) is 41.8 Å². The SMILES string of the molecule is Cc1nc(-c2cccs2)sc1C(=O)N1CCc2sccc2C1. The summed E-state index contributed by atoms with van der Waals surface area (Å²) in [6, 6.07) is 6.20. The van der Waals surface area contributed by atoms with E-state index in [-0.39, 0.29) is 5.91 Å². The molecule has 6 heteroatoms. The number of aromatic nitrogens is 1. The Morgan fingerprint density at radius 2 is 2.18 bits per heavy atom. The van der Waals surface area contributed by atoms with Crippen molar-refractivity contribution in [1.29, 1.82) is 0 Å². The molecule has 4 heterocycles. The molecule has 4 rings (SSSR count). The molecule has 3 aromatic heterocycles. The fraction of sp³-hybridized carbons (Fsp3) is 0.250. The van der Waals surface area contributed by atoms with Crippen LogP contribution in [0.4, 0.5) is 0 Å². The number of amides is 1. The summed E-state index contributed by atoms with van der Waals surface area (Å²) < 4.78 is 0. The van der Waals surface area contributed by atoms with Gasteiger partial charge >= 0.3 is 0 Å². The van der Waals surface area contributed by atoms with Gasteiger partial charge in [-0.15, -0.1) is 34.0 Å². The highest BCUT2D eigenvalue weighted by atomic mass is 32.1. The highest BCUT2D eigenvalue weighted by Gasteiger charge is 2.26. The monoisotopic (exact) mass is 346 g/mol.